The van der Waals surface area contributed by atoms with Gasteiger partial charge in [0.25, 0.3) is 0 Å². The van der Waals surface area contributed by atoms with Crippen LogP contribution in [0, 0.1) is 12.8 Å². The van der Waals surface area contributed by atoms with Crippen LogP contribution in [0.1, 0.15) is 22.6 Å². The molecule has 0 N–H and O–H groups in total. The molecule has 0 radical (unpaired) electrons. The number of thioether (sulfide) groups is 1. The molecule has 2 aliphatic rings. The minimum Gasteiger partial charge on any atom is -0.426 e. The summed E-state index contributed by atoms with van der Waals surface area (Å²) >= 11 is 1.76. The summed E-state index contributed by atoms with van der Waals surface area (Å²) < 4.78 is 5.49. The van der Waals surface area contributed by atoms with Crippen LogP contribution in [-0.4, -0.2) is 11.7 Å². The number of rotatable bonds is 0. The molecule has 0 saturated heterocycles. The largest absolute Gasteiger partial charge is 0.426 e. The highest BCUT2D eigenvalue weighted by Crippen LogP contribution is 2.49. The van der Waals surface area contributed by atoms with E-state index in [9.17, 15) is 4.79 Å². The zero-order valence-electron chi connectivity index (χ0n) is 11.1. The molecule has 3 heteroatoms. The van der Waals surface area contributed by atoms with E-state index in [0.717, 1.165) is 17.1 Å². The number of carbonyl (C=O) groups excluding carboxylic acids is 1. The van der Waals surface area contributed by atoms with E-state index >= 15 is 0 Å². The molecular weight excluding hydrogens is 268 g/mol. The first-order valence-electron chi connectivity index (χ1n) is 6.78. The predicted molar refractivity (Wildman–Crippen MR) is 79.3 cm³/mol. The third-order valence-electron chi connectivity index (χ3n) is 4.09. The fourth-order valence-electron chi connectivity index (χ4n) is 3.14. The van der Waals surface area contributed by atoms with Crippen molar-refractivity contribution in [2.75, 3.05) is 5.75 Å². The summed E-state index contributed by atoms with van der Waals surface area (Å²) in [7, 11) is 0. The van der Waals surface area contributed by atoms with E-state index in [2.05, 4.69) is 31.2 Å². The van der Waals surface area contributed by atoms with E-state index in [0.29, 0.717) is 0 Å². The number of para-hydroxylation sites is 1. The van der Waals surface area contributed by atoms with Gasteiger partial charge in [0.1, 0.15) is 5.75 Å². The van der Waals surface area contributed by atoms with Gasteiger partial charge in [0.15, 0.2) is 0 Å². The van der Waals surface area contributed by atoms with Crippen LogP contribution >= 0.6 is 11.8 Å². The third-order valence-corrected chi connectivity index (χ3v) is 5.30. The summed E-state index contributed by atoms with van der Waals surface area (Å²) in [6.45, 7) is 2.10. The molecule has 0 spiro atoms. The molecule has 2 aliphatic heterocycles. The number of fused-ring (bicyclic) bond motifs is 5. The number of esters is 1. The van der Waals surface area contributed by atoms with E-state index in [1.54, 1.807) is 11.8 Å². The highest BCUT2D eigenvalue weighted by molar-refractivity contribution is 7.99. The highest BCUT2D eigenvalue weighted by atomic mass is 32.2. The zero-order valence-corrected chi connectivity index (χ0v) is 11.9. The zero-order chi connectivity index (χ0) is 13.7. The van der Waals surface area contributed by atoms with Gasteiger partial charge in [0.05, 0.1) is 5.92 Å². The van der Waals surface area contributed by atoms with Crippen LogP contribution < -0.4 is 4.74 Å². The lowest BCUT2D eigenvalue weighted by atomic mass is 9.79. The number of carbonyl (C=O) groups is 1. The van der Waals surface area contributed by atoms with Crippen molar-refractivity contribution >= 4 is 17.7 Å². The Morgan fingerprint density at radius 1 is 1.15 bits per heavy atom. The van der Waals surface area contributed by atoms with Crippen molar-refractivity contribution in [3.05, 3.63) is 59.2 Å². The normalized spacial score (nSPS) is 23.4. The molecule has 0 amide bonds. The molecule has 2 aromatic carbocycles. The Hall–Kier alpha value is -1.74. The lowest BCUT2D eigenvalue weighted by Crippen LogP contribution is -2.36. The average molecular weight is 282 g/mol. The van der Waals surface area contributed by atoms with E-state index in [-0.39, 0.29) is 17.8 Å². The van der Waals surface area contributed by atoms with Crippen molar-refractivity contribution in [3.8, 4) is 5.75 Å². The van der Waals surface area contributed by atoms with Crippen LogP contribution in [0.25, 0.3) is 0 Å². The van der Waals surface area contributed by atoms with Gasteiger partial charge in [-0.2, -0.15) is 0 Å². The Morgan fingerprint density at radius 2 is 2.00 bits per heavy atom. The van der Waals surface area contributed by atoms with Crippen LogP contribution in [0.4, 0.5) is 0 Å². The van der Waals surface area contributed by atoms with Crippen LogP contribution in [0.3, 0.4) is 0 Å². The highest BCUT2D eigenvalue weighted by Gasteiger charge is 2.42. The second kappa shape index (κ2) is 4.38. The summed E-state index contributed by atoms with van der Waals surface area (Å²) in [4.78, 5) is 13.5. The Bertz CT molecular complexity index is 708. The van der Waals surface area contributed by atoms with Gasteiger partial charge in [-0.3, -0.25) is 4.79 Å². The van der Waals surface area contributed by atoms with E-state index in [1.165, 1.54) is 16.0 Å². The molecular formula is C17H14O2S. The standard InChI is InChI=1S/C17H14O2S/c1-10-6-7-15-12(8-10)16-11-4-2-3-5-14(11)19-17(18)13(16)9-20-15/h2-8,13,16H,9H2,1H3. The van der Waals surface area contributed by atoms with Gasteiger partial charge >= 0.3 is 5.97 Å². The molecule has 0 bridgehead atoms. The molecule has 2 nitrogen and oxygen atoms in total. The molecule has 0 aliphatic carbocycles. The van der Waals surface area contributed by atoms with Gasteiger partial charge in [-0.25, -0.2) is 0 Å². The fraction of sp³-hybridized carbons (Fsp3) is 0.235. The van der Waals surface area contributed by atoms with Crippen LogP contribution in [0.15, 0.2) is 47.4 Å². The summed E-state index contributed by atoms with van der Waals surface area (Å²) in [5.74, 6) is 1.51. The number of aryl methyl sites for hydroxylation is 1. The number of hydrogen-bond acceptors (Lipinski definition) is 3. The van der Waals surface area contributed by atoms with E-state index < -0.39 is 0 Å². The third kappa shape index (κ3) is 1.70. The molecule has 0 fully saturated rings. The summed E-state index contributed by atoms with van der Waals surface area (Å²) in [5, 5.41) is 0. The molecule has 2 unspecified atom stereocenters. The fourth-order valence-corrected chi connectivity index (χ4v) is 4.34. The predicted octanol–water partition coefficient (Wildman–Crippen LogP) is 3.77. The van der Waals surface area contributed by atoms with Gasteiger partial charge in [-0.1, -0.05) is 35.9 Å². The van der Waals surface area contributed by atoms with Crippen molar-refractivity contribution < 1.29 is 9.53 Å². The van der Waals surface area contributed by atoms with Crippen molar-refractivity contribution in [1.29, 1.82) is 0 Å². The second-order valence-corrected chi connectivity index (χ2v) is 6.46. The lowest BCUT2D eigenvalue weighted by molar-refractivity contribution is -0.140. The maximum atomic E-state index is 12.3. The van der Waals surface area contributed by atoms with Crippen molar-refractivity contribution in [2.45, 2.75) is 17.7 Å². The van der Waals surface area contributed by atoms with E-state index in [4.69, 9.17) is 4.74 Å². The quantitative estimate of drug-likeness (QED) is 0.543. The van der Waals surface area contributed by atoms with Gasteiger partial charge in [0, 0.05) is 22.1 Å². The van der Waals surface area contributed by atoms with Gasteiger partial charge < -0.3 is 4.74 Å². The van der Waals surface area contributed by atoms with Crippen LogP contribution in [-0.2, 0) is 4.79 Å². The molecule has 0 saturated carbocycles. The molecule has 2 atom stereocenters. The molecule has 2 heterocycles. The number of ether oxygens (including phenoxy) is 1. The lowest BCUT2D eigenvalue weighted by Gasteiger charge is -2.36. The van der Waals surface area contributed by atoms with Crippen LogP contribution in [0.5, 0.6) is 5.75 Å². The Morgan fingerprint density at radius 3 is 2.90 bits per heavy atom. The molecule has 0 aromatic heterocycles. The molecule has 2 aromatic rings. The minimum absolute atomic E-state index is 0.0656. The van der Waals surface area contributed by atoms with E-state index in [1.807, 2.05) is 18.2 Å². The topological polar surface area (TPSA) is 26.3 Å². The maximum absolute atomic E-state index is 12.3. The summed E-state index contributed by atoms with van der Waals surface area (Å²) in [6, 6.07) is 14.4. The maximum Gasteiger partial charge on any atom is 0.316 e. The summed E-state index contributed by atoms with van der Waals surface area (Å²) in [5.41, 5.74) is 3.65. The Labute approximate surface area is 122 Å². The molecule has 100 valence electrons. The Balaban J connectivity index is 1.96. The average Bonchev–Trinajstić information content (AvgIpc) is 2.46. The van der Waals surface area contributed by atoms with Gasteiger partial charge in [0.2, 0.25) is 0 Å². The van der Waals surface area contributed by atoms with Gasteiger partial charge in [-0.15, -0.1) is 11.8 Å². The molecule has 20 heavy (non-hydrogen) atoms. The SMILES string of the molecule is Cc1ccc2c(c1)C1c3ccccc3OC(=O)C1CS2. The number of hydrogen-bond donors (Lipinski definition) is 0. The number of benzene rings is 2. The Kier molecular flexibility index (Phi) is 2.64. The monoisotopic (exact) mass is 282 g/mol. The smallest absolute Gasteiger partial charge is 0.316 e. The molecule has 4 rings (SSSR count). The van der Waals surface area contributed by atoms with Crippen LogP contribution in [0.2, 0.25) is 0 Å². The van der Waals surface area contributed by atoms with Crippen molar-refractivity contribution in [3.63, 3.8) is 0 Å². The van der Waals surface area contributed by atoms with Gasteiger partial charge in [-0.05, 0) is 24.6 Å². The van der Waals surface area contributed by atoms with Crippen molar-refractivity contribution in [1.82, 2.24) is 0 Å². The first kappa shape index (κ1) is 12.0. The first-order chi connectivity index (χ1) is 9.74. The van der Waals surface area contributed by atoms with Crippen molar-refractivity contribution in [2.24, 2.45) is 5.92 Å². The minimum atomic E-state index is -0.0895. The summed E-state index contributed by atoms with van der Waals surface area (Å²) in [6.07, 6.45) is 0. The second-order valence-electron chi connectivity index (χ2n) is 5.40. The first-order valence-corrected chi connectivity index (χ1v) is 7.76.